The van der Waals surface area contributed by atoms with Crippen LogP contribution < -0.4 is 0 Å². The van der Waals surface area contributed by atoms with Crippen LogP contribution in [-0.2, 0) is 16.4 Å². The van der Waals surface area contributed by atoms with Gasteiger partial charge in [-0.2, -0.15) is 13.2 Å². The van der Waals surface area contributed by atoms with Gasteiger partial charge in [-0.15, -0.1) is 12.4 Å². The highest BCUT2D eigenvalue weighted by Crippen LogP contribution is 2.36. The van der Waals surface area contributed by atoms with Crippen molar-refractivity contribution in [2.45, 2.75) is 37.4 Å². The Morgan fingerprint density at radius 1 is 1.13 bits per heavy atom. The van der Waals surface area contributed by atoms with Crippen LogP contribution in [0.25, 0.3) is 0 Å². The maximum Gasteiger partial charge on any atom is 0.396 e. The Morgan fingerprint density at radius 3 is 2.33 bits per heavy atom. The molecule has 0 amide bonds. The maximum atomic E-state index is 13.3. The topological polar surface area (TPSA) is 50.3 Å². The number of hydrogen-bond acceptors (Lipinski definition) is 4. The van der Waals surface area contributed by atoms with E-state index in [9.17, 15) is 21.6 Å². The van der Waals surface area contributed by atoms with Crippen molar-refractivity contribution in [1.29, 1.82) is 0 Å². The Bertz CT molecular complexity index is 906. The van der Waals surface area contributed by atoms with E-state index in [-0.39, 0.29) is 18.0 Å². The molecule has 3 rings (SSSR count). The molecule has 30 heavy (non-hydrogen) atoms. The molecule has 0 saturated carbocycles. The number of nitrogens with zero attached hydrogens (tertiary/aromatic N) is 2. The molecule has 1 fully saturated rings. The van der Waals surface area contributed by atoms with Gasteiger partial charge in [0.05, 0.1) is 11.7 Å². The number of aromatic nitrogens is 1. The van der Waals surface area contributed by atoms with Crippen molar-refractivity contribution in [3.8, 4) is 0 Å². The van der Waals surface area contributed by atoms with Crippen LogP contribution in [0.15, 0.2) is 48.8 Å². The number of benzene rings is 1. The lowest BCUT2D eigenvalue weighted by Crippen LogP contribution is -2.33. The van der Waals surface area contributed by atoms with E-state index >= 15 is 0 Å². The number of sulfone groups is 1. The summed E-state index contributed by atoms with van der Waals surface area (Å²) in [5.41, 5.74) is 2.17. The monoisotopic (exact) mass is 462 g/mol. The molecule has 2 atom stereocenters. The highest BCUT2D eigenvalue weighted by atomic mass is 35.5. The van der Waals surface area contributed by atoms with Gasteiger partial charge in [-0.05, 0) is 54.1 Å². The van der Waals surface area contributed by atoms with Crippen LogP contribution >= 0.6 is 12.4 Å². The van der Waals surface area contributed by atoms with Crippen molar-refractivity contribution in [3.63, 3.8) is 0 Å². The molecular formula is C21H26ClF3N2O2S. The van der Waals surface area contributed by atoms with E-state index in [2.05, 4.69) is 9.88 Å². The highest BCUT2D eigenvalue weighted by molar-refractivity contribution is 7.90. The van der Waals surface area contributed by atoms with E-state index in [1.807, 2.05) is 12.1 Å². The average molecular weight is 463 g/mol. The molecular weight excluding hydrogens is 437 g/mol. The SMILES string of the molecule is CS(=O)(=O)C[C@@H](c1ccc(CN2CCCC(c3ccncc3)C2)cc1)C(F)(F)F.Cl. The number of pyridine rings is 1. The van der Waals surface area contributed by atoms with E-state index in [0.717, 1.165) is 37.8 Å². The van der Waals surface area contributed by atoms with Crippen LogP contribution in [0, 0.1) is 0 Å². The number of halogens is 4. The lowest BCUT2D eigenvalue weighted by Gasteiger charge is -2.33. The normalized spacial score (nSPS) is 19.1. The first-order valence-corrected chi connectivity index (χ1v) is 11.6. The lowest BCUT2D eigenvalue weighted by molar-refractivity contribution is -0.145. The second-order valence-electron chi connectivity index (χ2n) is 7.78. The molecule has 166 valence electrons. The van der Waals surface area contributed by atoms with Crippen molar-refractivity contribution < 1.29 is 21.6 Å². The first-order chi connectivity index (χ1) is 13.6. The summed E-state index contributed by atoms with van der Waals surface area (Å²) in [6.07, 6.45) is 1.99. The lowest BCUT2D eigenvalue weighted by atomic mass is 9.91. The summed E-state index contributed by atoms with van der Waals surface area (Å²) in [6.45, 7) is 2.50. The summed E-state index contributed by atoms with van der Waals surface area (Å²) in [5.74, 6) is -2.51. The maximum absolute atomic E-state index is 13.3. The number of hydrogen-bond donors (Lipinski definition) is 0. The van der Waals surface area contributed by atoms with Crippen LogP contribution in [0.2, 0.25) is 0 Å². The third-order valence-corrected chi connectivity index (χ3v) is 6.27. The van der Waals surface area contributed by atoms with E-state index < -0.39 is 27.7 Å². The Kier molecular flexibility index (Phi) is 8.30. The summed E-state index contributed by atoms with van der Waals surface area (Å²) >= 11 is 0. The molecule has 1 saturated heterocycles. The number of alkyl halides is 3. The molecule has 9 heteroatoms. The van der Waals surface area contributed by atoms with Gasteiger partial charge in [0.15, 0.2) is 0 Å². The molecule has 1 aromatic heterocycles. The highest BCUT2D eigenvalue weighted by Gasteiger charge is 2.42. The number of likely N-dealkylation sites (tertiary alicyclic amines) is 1. The summed E-state index contributed by atoms with van der Waals surface area (Å²) in [5, 5.41) is 0. The fourth-order valence-electron chi connectivity index (χ4n) is 3.90. The Morgan fingerprint density at radius 2 is 1.77 bits per heavy atom. The van der Waals surface area contributed by atoms with Crippen LogP contribution in [0.3, 0.4) is 0 Å². The zero-order chi connectivity index (χ0) is 21.1. The summed E-state index contributed by atoms with van der Waals surface area (Å²) in [6, 6.07) is 10.2. The van der Waals surface area contributed by atoms with Gasteiger partial charge in [0.1, 0.15) is 9.84 Å². The largest absolute Gasteiger partial charge is 0.396 e. The van der Waals surface area contributed by atoms with Gasteiger partial charge in [-0.1, -0.05) is 24.3 Å². The zero-order valence-corrected chi connectivity index (χ0v) is 18.3. The molecule has 0 spiro atoms. The molecule has 0 radical (unpaired) electrons. The number of piperidine rings is 1. The summed E-state index contributed by atoms with van der Waals surface area (Å²) in [4.78, 5) is 6.36. The summed E-state index contributed by atoms with van der Waals surface area (Å²) in [7, 11) is -3.75. The molecule has 0 N–H and O–H groups in total. The van der Waals surface area contributed by atoms with Crippen LogP contribution in [0.1, 0.15) is 41.4 Å². The first-order valence-electron chi connectivity index (χ1n) is 9.57. The Labute approximate surface area is 181 Å². The predicted octanol–water partition coefficient (Wildman–Crippen LogP) is 4.57. The molecule has 1 unspecified atom stereocenters. The molecule has 2 aromatic rings. The summed E-state index contributed by atoms with van der Waals surface area (Å²) < 4.78 is 62.9. The van der Waals surface area contributed by atoms with Crippen molar-refractivity contribution >= 4 is 22.2 Å². The smallest absolute Gasteiger partial charge is 0.298 e. The van der Waals surface area contributed by atoms with Crippen LogP contribution in [-0.4, -0.2) is 49.6 Å². The van der Waals surface area contributed by atoms with Gasteiger partial charge >= 0.3 is 6.18 Å². The van der Waals surface area contributed by atoms with Crippen molar-refractivity contribution in [2.75, 3.05) is 25.1 Å². The van der Waals surface area contributed by atoms with Crippen molar-refractivity contribution in [3.05, 3.63) is 65.5 Å². The molecule has 1 aliphatic rings. The second kappa shape index (κ2) is 10.1. The van der Waals surface area contributed by atoms with E-state index in [1.54, 1.807) is 24.5 Å². The number of rotatable bonds is 6. The molecule has 1 aliphatic heterocycles. The standard InChI is InChI=1S/C21H25F3N2O2S.ClH/c1-29(27,28)15-20(21(22,23)24)18-6-4-16(5-7-18)13-26-12-2-3-19(14-26)17-8-10-25-11-9-17;/h4-11,19-20H,2-3,12-15H2,1H3;1H/t19?,20-;/m0./s1. The van der Waals surface area contributed by atoms with Crippen LogP contribution in [0.5, 0.6) is 0 Å². The molecule has 1 aromatic carbocycles. The van der Waals surface area contributed by atoms with E-state index in [4.69, 9.17) is 0 Å². The van der Waals surface area contributed by atoms with Crippen molar-refractivity contribution in [1.82, 2.24) is 9.88 Å². The van der Waals surface area contributed by atoms with Gasteiger partial charge in [0.25, 0.3) is 0 Å². The van der Waals surface area contributed by atoms with E-state index in [1.165, 1.54) is 17.7 Å². The Balaban J connectivity index is 0.00000320. The predicted molar refractivity (Wildman–Crippen MR) is 114 cm³/mol. The average Bonchev–Trinajstić information content (AvgIpc) is 2.66. The van der Waals surface area contributed by atoms with Gasteiger partial charge in [-0.3, -0.25) is 9.88 Å². The Hall–Kier alpha value is -1.64. The van der Waals surface area contributed by atoms with Crippen LogP contribution in [0.4, 0.5) is 13.2 Å². The quantitative estimate of drug-likeness (QED) is 0.630. The molecule has 4 nitrogen and oxygen atoms in total. The minimum atomic E-state index is -4.60. The fourth-order valence-corrected chi connectivity index (χ4v) is 4.89. The second-order valence-corrected chi connectivity index (χ2v) is 9.97. The third-order valence-electron chi connectivity index (χ3n) is 5.34. The minimum Gasteiger partial charge on any atom is -0.298 e. The molecule has 0 aliphatic carbocycles. The fraction of sp³-hybridized carbons (Fsp3) is 0.476. The zero-order valence-electron chi connectivity index (χ0n) is 16.7. The van der Waals surface area contributed by atoms with E-state index in [0.29, 0.717) is 12.5 Å². The minimum absolute atomic E-state index is 0. The van der Waals surface area contributed by atoms with Gasteiger partial charge < -0.3 is 0 Å². The van der Waals surface area contributed by atoms with Gasteiger partial charge in [0, 0.05) is 31.7 Å². The van der Waals surface area contributed by atoms with Crippen molar-refractivity contribution in [2.24, 2.45) is 0 Å². The van der Waals surface area contributed by atoms with Gasteiger partial charge in [0.2, 0.25) is 0 Å². The molecule has 2 heterocycles. The van der Waals surface area contributed by atoms with Gasteiger partial charge in [-0.25, -0.2) is 8.42 Å². The first kappa shape index (κ1) is 24.6. The third kappa shape index (κ3) is 6.96. The molecule has 0 bridgehead atoms.